The van der Waals surface area contributed by atoms with Gasteiger partial charge in [-0.2, -0.15) is 0 Å². The minimum Gasteiger partial charge on any atom is -0.368 e. The van der Waals surface area contributed by atoms with Crippen molar-refractivity contribution in [2.45, 2.75) is 20.8 Å². The van der Waals surface area contributed by atoms with Crippen molar-refractivity contribution in [1.29, 1.82) is 0 Å². The van der Waals surface area contributed by atoms with Gasteiger partial charge in [0, 0.05) is 50.3 Å². The molecule has 0 bridgehead atoms. The predicted molar refractivity (Wildman–Crippen MR) is 100 cm³/mol. The number of nitrogens with zero attached hydrogens (tertiary/aromatic N) is 3. The Morgan fingerprint density at radius 3 is 2.74 bits per heavy atom. The Balaban J connectivity index is 0.000000670. The molecule has 3 aromatic rings. The molecule has 5 nitrogen and oxygen atoms in total. The lowest BCUT2D eigenvalue weighted by molar-refractivity contribution is 0.590. The van der Waals surface area contributed by atoms with Gasteiger partial charge in [-0.3, -0.25) is 0 Å². The van der Waals surface area contributed by atoms with E-state index in [-0.39, 0.29) is 1.43 Å². The highest BCUT2D eigenvalue weighted by Crippen LogP contribution is 2.30. The number of hydrogen-bond donors (Lipinski definition) is 2. The number of aromatic nitrogens is 3. The summed E-state index contributed by atoms with van der Waals surface area (Å²) < 4.78 is 0. The molecule has 0 atom stereocenters. The first-order valence-corrected chi connectivity index (χ1v) is 9.05. The normalized spacial score (nSPS) is 14.7. The van der Waals surface area contributed by atoms with Crippen molar-refractivity contribution in [3.05, 3.63) is 28.7 Å². The van der Waals surface area contributed by atoms with Gasteiger partial charge in [0.1, 0.15) is 5.65 Å². The second-order valence-corrected chi connectivity index (χ2v) is 6.33. The van der Waals surface area contributed by atoms with Crippen molar-refractivity contribution >= 4 is 28.1 Å². The topological polar surface area (TPSA) is 56.8 Å². The van der Waals surface area contributed by atoms with Crippen LogP contribution in [0.15, 0.2) is 23.7 Å². The summed E-state index contributed by atoms with van der Waals surface area (Å²) in [7, 11) is 0. The molecule has 0 radical (unpaired) electrons. The van der Waals surface area contributed by atoms with E-state index >= 15 is 0 Å². The van der Waals surface area contributed by atoms with Gasteiger partial charge in [0.2, 0.25) is 0 Å². The van der Waals surface area contributed by atoms with Gasteiger partial charge in [-0.1, -0.05) is 13.8 Å². The third-order valence-electron chi connectivity index (χ3n) is 3.86. The average Bonchev–Trinajstić information content (AvgIpc) is 3.23. The SMILES string of the molecule is CC.Cc1nc(-c2cc3c(N4CCNCC4)ccnc3[nH]2)cs1.[HH]. The highest BCUT2D eigenvalue weighted by atomic mass is 32.1. The number of nitrogens with one attached hydrogen (secondary N) is 2. The maximum atomic E-state index is 4.55. The number of aryl methyl sites for hydroxylation is 1. The zero-order chi connectivity index (χ0) is 16.2. The van der Waals surface area contributed by atoms with Crippen LogP contribution < -0.4 is 10.2 Å². The number of H-pyrrole nitrogens is 1. The summed E-state index contributed by atoms with van der Waals surface area (Å²) in [4.78, 5) is 14.8. The fourth-order valence-electron chi connectivity index (χ4n) is 2.82. The number of thiazole rings is 1. The van der Waals surface area contributed by atoms with E-state index in [1.165, 1.54) is 11.1 Å². The largest absolute Gasteiger partial charge is 0.368 e. The Kier molecular flexibility index (Phi) is 4.93. The van der Waals surface area contributed by atoms with E-state index in [9.17, 15) is 0 Å². The average molecular weight is 331 g/mol. The molecule has 1 saturated heterocycles. The number of aromatic amines is 1. The number of pyridine rings is 1. The Bertz CT molecular complexity index is 776. The van der Waals surface area contributed by atoms with Gasteiger partial charge in [-0.15, -0.1) is 11.3 Å². The van der Waals surface area contributed by atoms with Crippen molar-refractivity contribution in [2.75, 3.05) is 31.1 Å². The minimum absolute atomic E-state index is 0. The predicted octanol–water partition coefficient (Wildman–Crippen LogP) is 3.68. The van der Waals surface area contributed by atoms with E-state index in [2.05, 4.69) is 42.7 Å². The zero-order valence-corrected chi connectivity index (χ0v) is 14.7. The number of hydrogen-bond acceptors (Lipinski definition) is 5. The van der Waals surface area contributed by atoms with Gasteiger partial charge in [-0.25, -0.2) is 9.97 Å². The fraction of sp³-hybridized carbons (Fsp3) is 0.412. The summed E-state index contributed by atoms with van der Waals surface area (Å²) in [5.74, 6) is 0. The van der Waals surface area contributed by atoms with Crippen LogP contribution in [0, 0.1) is 6.92 Å². The van der Waals surface area contributed by atoms with E-state index in [4.69, 9.17) is 0 Å². The molecule has 124 valence electrons. The Morgan fingerprint density at radius 2 is 2.04 bits per heavy atom. The summed E-state index contributed by atoms with van der Waals surface area (Å²) in [6, 6.07) is 4.28. The number of rotatable bonds is 2. The van der Waals surface area contributed by atoms with Crippen LogP contribution in [0.5, 0.6) is 0 Å². The van der Waals surface area contributed by atoms with Gasteiger partial charge in [0.25, 0.3) is 0 Å². The van der Waals surface area contributed by atoms with E-state index in [0.717, 1.165) is 48.2 Å². The lowest BCUT2D eigenvalue weighted by atomic mass is 10.2. The molecule has 0 spiro atoms. The summed E-state index contributed by atoms with van der Waals surface area (Å²) >= 11 is 1.67. The molecule has 1 fully saturated rings. The molecule has 0 aromatic carbocycles. The molecule has 4 rings (SSSR count). The van der Waals surface area contributed by atoms with Gasteiger partial charge in [0.15, 0.2) is 0 Å². The van der Waals surface area contributed by atoms with Gasteiger partial charge < -0.3 is 15.2 Å². The Morgan fingerprint density at radius 1 is 1.26 bits per heavy atom. The van der Waals surface area contributed by atoms with Crippen LogP contribution in [0.1, 0.15) is 20.3 Å². The lowest BCUT2D eigenvalue weighted by Crippen LogP contribution is -2.43. The van der Waals surface area contributed by atoms with Crippen molar-refractivity contribution in [3.63, 3.8) is 0 Å². The van der Waals surface area contributed by atoms with Crippen LogP contribution in [-0.2, 0) is 0 Å². The third kappa shape index (κ3) is 3.23. The van der Waals surface area contributed by atoms with Crippen molar-refractivity contribution < 1.29 is 1.43 Å². The van der Waals surface area contributed by atoms with E-state index in [1.54, 1.807) is 11.3 Å². The molecule has 2 N–H and O–H groups in total. The minimum atomic E-state index is 0. The molecular weight excluding hydrogens is 306 g/mol. The van der Waals surface area contributed by atoms with E-state index < -0.39 is 0 Å². The van der Waals surface area contributed by atoms with Crippen LogP contribution in [0.3, 0.4) is 0 Å². The van der Waals surface area contributed by atoms with Gasteiger partial charge in [0.05, 0.1) is 16.4 Å². The first-order chi connectivity index (χ1) is 11.3. The van der Waals surface area contributed by atoms with Crippen LogP contribution in [-0.4, -0.2) is 41.1 Å². The lowest BCUT2D eigenvalue weighted by Gasteiger charge is -2.29. The van der Waals surface area contributed by atoms with Crippen molar-refractivity contribution in [3.8, 4) is 11.4 Å². The highest BCUT2D eigenvalue weighted by molar-refractivity contribution is 7.09. The van der Waals surface area contributed by atoms with Gasteiger partial charge in [-0.05, 0) is 19.1 Å². The maximum absolute atomic E-state index is 4.55. The number of anilines is 1. The van der Waals surface area contributed by atoms with Crippen LogP contribution in [0.2, 0.25) is 0 Å². The van der Waals surface area contributed by atoms with Gasteiger partial charge >= 0.3 is 0 Å². The second-order valence-electron chi connectivity index (χ2n) is 5.26. The smallest absolute Gasteiger partial charge is 0.139 e. The molecule has 4 heterocycles. The first kappa shape index (κ1) is 16.0. The molecule has 0 saturated carbocycles. The quantitative estimate of drug-likeness (QED) is 0.752. The van der Waals surface area contributed by atoms with E-state index in [1.807, 2.05) is 27.0 Å². The number of piperazine rings is 1. The fourth-order valence-corrected chi connectivity index (χ4v) is 3.43. The molecule has 0 aliphatic carbocycles. The molecule has 1 aliphatic heterocycles. The third-order valence-corrected chi connectivity index (χ3v) is 4.64. The molecule has 23 heavy (non-hydrogen) atoms. The first-order valence-electron chi connectivity index (χ1n) is 8.17. The molecule has 6 heteroatoms. The second kappa shape index (κ2) is 7.10. The number of fused-ring (bicyclic) bond motifs is 1. The van der Waals surface area contributed by atoms with Crippen LogP contribution in [0.25, 0.3) is 22.4 Å². The Hall–Kier alpha value is -1.92. The standard InChI is InChI=1S/C15H17N5S.C2H6.H2/c1-10-18-13(9-21-10)12-8-11-14(2-3-17-15(11)19-12)20-6-4-16-5-7-20;1-2;/h2-3,8-9,16H,4-7H2,1H3,(H,17,19);1-2H3;1H. The highest BCUT2D eigenvalue weighted by Gasteiger charge is 2.16. The van der Waals surface area contributed by atoms with Crippen LogP contribution >= 0.6 is 11.3 Å². The zero-order valence-electron chi connectivity index (χ0n) is 13.9. The Labute approximate surface area is 142 Å². The molecule has 0 amide bonds. The summed E-state index contributed by atoms with van der Waals surface area (Å²) in [5, 5.41) is 7.74. The van der Waals surface area contributed by atoms with Crippen molar-refractivity contribution in [2.24, 2.45) is 0 Å². The maximum Gasteiger partial charge on any atom is 0.139 e. The van der Waals surface area contributed by atoms with Crippen LogP contribution in [0.4, 0.5) is 5.69 Å². The summed E-state index contributed by atoms with van der Waals surface area (Å²) in [6.45, 7) is 10.2. The molecule has 1 aliphatic rings. The summed E-state index contributed by atoms with van der Waals surface area (Å²) in [5.41, 5.74) is 4.24. The summed E-state index contributed by atoms with van der Waals surface area (Å²) in [6.07, 6.45) is 1.88. The van der Waals surface area contributed by atoms with Crippen molar-refractivity contribution in [1.82, 2.24) is 20.3 Å². The molecular formula is C17H25N5S. The van der Waals surface area contributed by atoms with E-state index in [0.29, 0.717) is 0 Å². The molecule has 0 unspecified atom stereocenters. The molecule has 3 aromatic heterocycles. The monoisotopic (exact) mass is 331 g/mol.